The number of hydrogen-bond donors (Lipinski definition) is 2. The van der Waals surface area contributed by atoms with Gasteiger partial charge in [0, 0.05) is 6.42 Å². The molecule has 0 amide bonds. The number of carboxylic acids is 1. The average molecular weight is 154 g/mol. The third-order valence-corrected chi connectivity index (χ3v) is 1.73. The molecule has 60 valence electrons. The van der Waals surface area contributed by atoms with Gasteiger partial charge in [-0.2, -0.15) is 0 Å². The van der Waals surface area contributed by atoms with E-state index in [9.17, 15) is 9.90 Å². The fourth-order valence-electron chi connectivity index (χ4n) is 0.881. The summed E-state index contributed by atoms with van der Waals surface area (Å²) in [6.45, 7) is 1.86. The molecule has 0 aliphatic heterocycles. The normalized spacial score (nSPS) is 29.8. The molecule has 1 aliphatic rings. The molecule has 0 fully saturated rings. The summed E-state index contributed by atoms with van der Waals surface area (Å²) in [4.78, 5) is 10.5. The summed E-state index contributed by atoms with van der Waals surface area (Å²) in [5.41, 5.74) is -0.699. The van der Waals surface area contributed by atoms with Crippen molar-refractivity contribution in [1.82, 2.24) is 0 Å². The Morgan fingerprint density at radius 3 is 2.73 bits per heavy atom. The first-order valence-corrected chi connectivity index (χ1v) is 3.36. The van der Waals surface area contributed by atoms with Gasteiger partial charge in [0.15, 0.2) is 5.60 Å². The number of carboxylic acid groups (broad SMARTS) is 1. The molecule has 2 N–H and O–H groups in total. The number of aliphatic hydroxyl groups is 1. The zero-order valence-electron chi connectivity index (χ0n) is 6.24. The van der Waals surface area contributed by atoms with Crippen LogP contribution in [0.2, 0.25) is 0 Å². The van der Waals surface area contributed by atoms with E-state index in [0.29, 0.717) is 0 Å². The van der Waals surface area contributed by atoms with Crippen molar-refractivity contribution in [3.63, 3.8) is 0 Å². The van der Waals surface area contributed by atoms with Gasteiger partial charge >= 0.3 is 5.97 Å². The quantitative estimate of drug-likeness (QED) is 0.584. The SMILES string of the molecule is CC1=CCC(O)(C(=O)O)C=C1. The molecule has 3 nitrogen and oxygen atoms in total. The van der Waals surface area contributed by atoms with E-state index in [2.05, 4.69) is 0 Å². The van der Waals surface area contributed by atoms with Crippen LogP contribution in [0, 0.1) is 0 Å². The van der Waals surface area contributed by atoms with E-state index in [0.717, 1.165) is 5.57 Å². The summed E-state index contributed by atoms with van der Waals surface area (Å²) in [5, 5.41) is 17.9. The molecule has 1 unspecified atom stereocenters. The Labute approximate surface area is 64.7 Å². The fourth-order valence-corrected chi connectivity index (χ4v) is 0.881. The van der Waals surface area contributed by atoms with Crippen LogP contribution in [0.25, 0.3) is 0 Å². The van der Waals surface area contributed by atoms with Gasteiger partial charge in [0.2, 0.25) is 0 Å². The van der Waals surface area contributed by atoms with Crippen molar-refractivity contribution < 1.29 is 15.0 Å². The molecule has 0 aromatic heterocycles. The minimum atomic E-state index is -1.68. The maximum atomic E-state index is 10.5. The summed E-state index contributed by atoms with van der Waals surface area (Å²) < 4.78 is 0. The first-order valence-electron chi connectivity index (χ1n) is 3.36. The van der Waals surface area contributed by atoms with E-state index < -0.39 is 11.6 Å². The second-order valence-electron chi connectivity index (χ2n) is 2.72. The Balaban J connectivity index is 2.82. The summed E-state index contributed by atoms with van der Waals surface area (Å²) >= 11 is 0. The van der Waals surface area contributed by atoms with Gasteiger partial charge in [0.25, 0.3) is 0 Å². The second kappa shape index (κ2) is 2.51. The van der Waals surface area contributed by atoms with E-state index >= 15 is 0 Å². The number of allylic oxidation sites excluding steroid dienone is 2. The monoisotopic (exact) mass is 154 g/mol. The third-order valence-electron chi connectivity index (χ3n) is 1.73. The predicted octanol–water partition coefficient (Wildman–Crippen LogP) is 0.708. The van der Waals surface area contributed by atoms with E-state index in [-0.39, 0.29) is 6.42 Å². The fraction of sp³-hybridized carbons (Fsp3) is 0.375. The number of aliphatic carboxylic acids is 1. The highest BCUT2D eigenvalue weighted by atomic mass is 16.4. The molecule has 0 aromatic rings. The van der Waals surface area contributed by atoms with Crippen LogP contribution in [0.3, 0.4) is 0 Å². The maximum absolute atomic E-state index is 10.5. The molecule has 11 heavy (non-hydrogen) atoms. The highest BCUT2D eigenvalue weighted by Crippen LogP contribution is 2.20. The molecule has 0 saturated heterocycles. The molecule has 3 heteroatoms. The largest absolute Gasteiger partial charge is 0.479 e. The first-order chi connectivity index (χ1) is 5.04. The highest BCUT2D eigenvalue weighted by molar-refractivity contribution is 5.80. The highest BCUT2D eigenvalue weighted by Gasteiger charge is 2.32. The summed E-state index contributed by atoms with van der Waals surface area (Å²) in [6.07, 6.45) is 4.78. The van der Waals surface area contributed by atoms with Crippen LogP contribution < -0.4 is 0 Å². The minimum absolute atomic E-state index is 0.157. The smallest absolute Gasteiger partial charge is 0.340 e. The lowest BCUT2D eigenvalue weighted by Gasteiger charge is -2.20. The van der Waals surface area contributed by atoms with Crippen molar-refractivity contribution in [3.8, 4) is 0 Å². The molecule has 0 radical (unpaired) electrons. The second-order valence-corrected chi connectivity index (χ2v) is 2.72. The van der Waals surface area contributed by atoms with Crippen LogP contribution in [0.15, 0.2) is 23.8 Å². The van der Waals surface area contributed by atoms with Crippen LogP contribution in [-0.4, -0.2) is 21.8 Å². The van der Waals surface area contributed by atoms with Gasteiger partial charge in [-0.1, -0.05) is 17.7 Å². The van der Waals surface area contributed by atoms with E-state index in [4.69, 9.17) is 5.11 Å². The van der Waals surface area contributed by atoms with Crippen molar-refractivity contribution in [2.45, 2.75) is 18.9 Å². The number of rotatable bonds is 1. The van der Waals surface area contributed by atoms with Crippen molar-refractivity contribution >= 4 is 5.97 Å². The van der Waals surface area contributed by atoms with Crippen molar-refractivity contribution in [3.05, 3.63) is 23.8 Å². The molecule has 0 bridgehead atoms. The zero-order valence-corrected chi connectivity index (χ0v) is 6.24. The molecular formula is C8H10O3. The first kappa shape index (κ1) is 8.01. The molecule has 1 rings (SSSR count). The van der Waals surface area contributed by atoms with Gasteiger partial charge in [-0.15, -0.1) is 0 Å². The summed E-state index contributed by atoms with van der Waals surface area (Å²) in [5.74, 6) is -1.20. The van der Waals surface area contributed by atoms with Crippen LogP contribution in [-0.2, 0) is 4.79 Å². The Kier molecular flexibility index (Phi) is 1.83. The van der Waals surface area contributed by atoms with Crippen molar-refractivity contribution in [2.24, 2.45) is 0 Å². The molecular weight excluding hydrogens is 144 g/mol. The Morgan fingerprint density at radius 1 is 1.73 bits per heavy atom. The van der Waals surface area contributed by atoms with E-state index in [1.807, 2.05) is 6.92 Å². The van der Waals surface area contributed by atoms with Gasteiger partial charge < -0.3 is 10.2 Å². The zero-order chi connectivity index (χ0) is 8.48. The molecule has 0 aromatic carbocycles. The number of hydrogen-bond acceptors (Lipinski definition) is 2. The molecule has 0 spiro atoms. The molecule has 1 aliphatic carbocycles. The van der Waals surface area contributed by atoms with Gasteiger partial charge in [0.1, 0.15) is 0 Å². The standard InChI is InChI=1S/C8H10O3/c1-6-2-4-8(11,5-3-6)7(9)10/h2-4,11H,5H2,1H3,(H,9,10). The summed E-state index contributed by atoms with van der Waals surface area (Å²) in [7, 11) is 0. The lowest BCUT2D eigenvalue weighted by molar-refractivity contribution is -0.153. The van der Waals surface area contributed by atoms with Crippen LogP contribution in [0.5, 0.6) is 0 Å². The lowest BCUT2D eigenvalue weighted by Crippen LogP contribution is -2.36. The van der Waals surface area contributed by atoms with Crippen molar-refractivity contribution in [2.75, 3.05) is 0 Å². The maximum Gasteiger partial charge on any atom is 0.340 e. The van der Waals surface area contributed by atoms with Crippen molar-refractivity contribution in [1.29, 1.82) is 0 Å². The predicted molar refractivity (Wildman–Crippen MR) is 40.1 cm³/mol. The topological polar surface area (TPSA) is 57.5 Å². The summed E-state index contributed by atoms with van der Waals surface area (Å²) in [6, 6.07) is 0. The van der Waals surface area contributed by atoms with Gasteiger partial charge in [-0.05, 0) is 13.0 Å². The van der Waals surface area contributed by atoms with Gasteiger partial charge in [0.05, 0.1) is 0 Å². The Bertz CT molecular complexity index is 240. The van der Waals surface area contributed by atoms with Gasteiger partial charge in [-0.3, -0.25) is 0 Å². The van der Waals surface area contributed by atoms with E-state index in [1.165, 1.54) is 6.08 Å². The molecule has 1 atom stereocenters. The van der Waals surface area contributed by atoms with Gasteiger partial charge in [-0.25, -0.2) is 4.79 Å². The molecule has 0 heterocycles. The Hall–Kier alpha value is -1.09. The minimum Gasteiger partial charge on any atom is -0.479 e. The average Bonchev–Trinajstić information content (AvgIpc) is 1.95. The van der Waals surface area contributed by atoms with Crippen LogP contribution >= 0.6 is 0 Å². The number of carbonyl (C=O) groups is 1. The Morgan fingerprint density at radius 2 is 2.36 bits per heavy atom. The third kappa shape index (κ3) is 1.49. The van der Waals surface area contributed by atoms with Crippen LogP contribution in [0.4, 0.5) is 0 Å². The van der Waals surface area contributed by atoms with E-state index in [1.54, 1.807) is 12.2 Å². The lowest BCUT2D eigenvalue weighted by atomic mass is 9.93. The van der Waals surface area contributed by atoms with Crippen LogP contribution in [0.1, 0.15) is 13.3 Å². The molecule has 0 saturated carbocycles.